The maximum atomic E-state index is 11.3. The van der Waals surface area contributed by atoms with Gasteiger partial charge in [0.1, 0.15) is 0 Å². The monoisotopic (exact) mass is 277 g/mol. The van der Waals surface area contributed by atoms with E-state index >= 15 is 0 Å². The van der Waals surface area contributed by atoms with Gasteiger partial charge in [-0.25, -0.2) is 4.68 Å². The highest BCUT2D eigenvalue weighted by molar-refractivity contribution is 7.17. The van der Waals surface area contributed by atoms with Crippen molar-refractivity contribution in [2.45, 2.75) is 25.7 Å². The van der Waals surface area contributed by atoms with Crippen molar-refractivity contribution in [3.05, 3.63) is 39.0 Å². The number of carbonyl (C=O) groups excluding carboxylic acids is 1. The van der Waals surface area contributed by atoms with Crippen molar-refractivity contribution in [2.24, 2.45) is 0 Å². The second kappa shape index (κ2) is 4.27. The number of Topliss-reactive ketones (excluding diaryl/α,β-unsaturated/α-hetero) is 1. The third-order valence-electron chi connectivity index (χ3n) is 3.05. The van der Waals surface area contributed by atoms with Crippen LogP contribution in [0.15, 0.2) is 18.3 Å². The van der Waals surface area contributed by atoms with Gasteiger partial charge in [0.15, 0.2) is 10.8 Å². The van der Waals surface area contributed by atoms with E-state index in [4.69, 9.17) is 0 Å². The molecule has 1 aliphatic carbocycles. The Bertz CT molecular complexity index is 670. The van der Waals surface area contributed by atoms with Gasteiger partial charge in [-0.1, -0.05) is 0 Å². The second-order valence-electron chi connectivity index (χ2n) is 4.57. The fraction of sp³-hybridized carbons (Fsp3) is 0.333. The molecule has 1 saturated carbocycles. The highest BCUT2D eigenvalue weighted by Crippen LogP contribution is 2.40. The molecule has 0 amide bonds. The summed E-state index contributed by atoms with van der Waals surface area (Å²) in [5, 5.41) is 15.8. The van der Waals surface area contributed by atoms with Gasteiger partial charge in [-0.15, -0.1) is 11.3 Å². The third-order valence-corrected chi connectivity index (χ3v) is 4.27. The summed E-state index contributed by atoms with van der Waals surface area (Å²) in [6, 6.07) is 3.20. The molecule has 0 radical (unpaired) electrons. The predicted octanol–water partition coefficient (Wildman–Crippen LogP) is 2.92. The molecule has 6 nitrogen and oxygen atoms in total. The van der Waals surface area contributed by atoms with Crippen molar-refractivity contribution in [1.29, 1.82) is 0 Å². The molecule has 7 heteroatoms. The van der Waals surface area contributed by atoms with Crippen LogP contribution in [0, 0.1) is 10.1 Å². The zero-order valence-corrected chi connectivity index (χ0v) is 11.0. The first-order valence-electron chi connectivity index (χ1n) is 5.91. The van der Waals surface area contributed by atoms with Gasteiger partial charge < -0.3 is 0 Å². The number of hydrogen-bond donors (Lipinski definition) is 0. The van der Waals surface area contributed by atoms with Crippen molar-refractivity contribution < 1.29 is 9.72 Å². The number of rotatable bonds is 4. The van der Waals surface area contributed by atoms with Crippen LogP contribution in [0.4, 0.5) is 5.69 Å². The Hall–Kier alpha value is -2.02. The summed E-state index contributed by atoms with van der Waals surface area (Å²) in [6.07, 6.45) is 3.97. The van der Waals surface area contributed by atoms with Crippen molar-refractivity contribution in [1.82, 2.24) is 9.78 Å². The van der Waals surface area contributed by atoms with Crippen LogP contribution in [-0.2, 0) is 0 Å². The zero-order valence-electron chi connectivity index (χ0n) is 10.2. The molecule has 0 unspecified atom stereocenters. The maximum absolute atomic E-state index is 11.3. The second-order valence-corrected chi connectivity index (χ2v) is 5.60. The van der Waals surface area contributed by atoms with Gasteiger partial charge in [0.25, 0.3) is 0 Å². The average molecular weight is 277 g/mol. The molecule has 2 aromatic heterocycles. The summed E-state index contributed by atoms with van der Waals surface area (Å²) < 4.78 is 1.50. The summed E-state index contributed by atoms with van der Waals surface area (Å²) in [4.78, 5) is 22.3. The molecule has 98 valence electrons. The lowest BCUT2D eigenvalue weighted by atomic mass is 10.3. The van der Waals surface area contributed by atoms with Crippen molar-refractivity contribution in [2.75, 3.05) is 0 Å². The molecule has 3 rings (SSSR count). The predicted molar refractivity (Wildman–Crippen MR) is 70.1 cm³/mol. The van der Waals surface area contributed by atoms with Crippen LogP contribution in [0.25, 0.3) is 5.00 Å². The molecule has 0 N–H and O–H groups in total. The first-order valence-corrected chi connectivity index (χ1v) is 6.73. The Morgan fingerprint density at radius 2 is 2.32 bits per heavy atom. The van der Waals surface area contributed by atoms with E-state index in [1.165, 1.54) is 17.7 Å². The van der Waals surface area contributed by atoms with Crippen LogP contribution < -0.4 is 0 Å². The summed E-state index contributed by atoms with van der Waals surface area (Å²) in [6.45, 7) is 1.40. The first-order chi connectivity index (χ1) is 9.06. The lowest BCUT2D eigenvalue weighted by Gasteiger charge is -1.96. The van der Waals surface area contributed by atoms with Crippen LogP contribution >= 0.6 is 11.3 Å². The number of carbonyl (C=O) groups is 1. The van der Waals surface area contributed by atoms with E-state index in [1.54, 1.807) is 6.20 Å². The molecule has 2 aromatic rings. The number of nitrogens with zero attached hydrogens (tertiary/aromatic N) is 3. The van der Waals surface area contributed by atoms with Gasteiger partial charge in [0, 0.05) is 18.2 Å². The minimum atomic E-state index is -0.475. The maximum Gasteiger partial charge on any atom is 0.306 e. The molecule has 1 aliphatic rings. The van der Waals surface area contributed by atoms with Gasteiger partial charge in [-0.3, -0.25) is 14.9 Å². The highest BCUT2D eigenvalue weighted by atomic mass is 32.1. The molecule has 0 spiro atoms. The van der Waals surface area contributed by atoms with Crippen molar-refractivity contribution in [3.8, 4) is 5.00 Å². The van der Waals surface area contributed by atoms with Gasteiger partial charge in [-0.05, 0) is 25.8 Å². The Balaban J connectivity index is 2.05. The SMILES string of the molecule is CC(=O)c1cc([N+](=O)[O-])c(-n2ccc(C3CC3)n2)s1. The molecule has 0 atom stereocenters. The topological polar surface area (TPSA) is 78.0 Å². The van der Waals surface area contributed by atoms with Gasteiger partial charge >= 0.3 is 5.69 Å². The fourth-order valence-corrected chi connectivity index (χ4v) is 2.84. The van der Waals surface area contributed by atoms with E-state index in [9.17, 15) is 14.9 Å². The molecule has 0 bridgehead atoms. The van der Waals surface area contributed by atoms with E-state index in [2.05, 4.69) is 5.10 Å². The van der Waals surface area contributed by atoms with Gasteiger partial charge in [0.2, 0.25) is 0 Å². The zero-order chi connectivity index (χ0) is 13.6. The largest absolute Gasteiger partial charge is 0.306 e. The first kappa shape index (κ1) is 12.0. The van der Waals surface area contributed by atoms with E-state index in [-0.39, 0.29) is 11.5 Å². The molecular weight excluding hydrogens is 266 g/mol. The minimum absolute atomic E-state index is 0.0688. The van der Waals surface area contributed by atoms with Gasteiger partial charge in [0.05, 0.1) is 15.5 Å². The molecule has 0 aromatic carbocycles. The molecular formula is C12H11N3O3S. The summed E-state index contributed by atoms with van der Waals surface area (Å²) in [7, 11) is 0. The highest BCUT2D eigenvalue weighted by Gasteiger charge is 2.28. The summed E-state index contributed by atoms with van der Waals surface area (Å²) in [5.74, 6) is 0.321. The van der Waals surface area contributed by atoms with Gasteiger partial charge in [-0.2, -0.15) is 5.10 Å². The van der Waals surface area contributed by atoms with E-state index in [0.717, 1.165) is 29.9 Å². The van der Waals surface area contributed by atoms with Crippen LogP contribution in [0.5, 0.6) is 0 Å². The molecule has 19 heavy (non-hydrogen) atoms. The van der Waals surface area contributed by atoms with E-state index < -0.39 is 4.92 Å². The number of ketones is 1. The van der Waals surface area contributed by atoms with Crippen LogP contribution in [0.3, 0.4) is 0 Å². The normalized spacial score (nSPS) is 14.6. The molecule has 2 heterocycles. The van der Waals surface area contributed by atoms with E-state index in [0.29, 0.717) is 15.8 Å². The Morgan fingerprint density at radius 1 is 1.58 bits per heavy atom. The summed E-state index contributed by atoms with van der Waals surface area (Å²) >= 11 is 1.10. The molecule has 1 fully saturated rings. The molecule has 0 saturated heterocycles. The van der Waals surface area contributed by atoms with Crippen molar-refractivity contribution >= 4 is 22.8 Å². The van der Waals surface area contributed by atoms with E-state index in [1.807, 2.05) is 6.07 Å². The Morgan fingerprint density at radius 3 is 2.89 bits per heavy atom. The smallest absolute Gasteiger partial charge is 0.294 e. The average Bonchev–Trinajstić information content (AvgIpc) is 2.93. The van der Waals surface area contributed by atoms with Crippen LogP contribution in [0.2, 0.25) is 0 Å². The molecule has 0 aliphatic heterocycles. The number of nitro groups is 1. The lowest BCUT2D eigenvalue weighted by molar-refractivity contribution is -0.384. The van der Waals surface area contributed by atoms with Crippen LogP contribution in [0.1, 0.15) is 41.0 Å². The third kappa shape index (κ3) is 2.17. The van der Waals surface area contributed by atoms with Crippen LogP contribution in [-0.4, -0.2) is 20.5 Å². The standard InChI is InChI=1S/C12H11N3O3S/c1-7(16)11-6-10(15(17)18)12(19-11)14-5-4-9(13-14)8-2-3-8/h4-6,8H,2-3H2,1H3. The fourth-order valence-electron chi connectivity index (χ4n) is 1.89. The summed E-state index contributed by atoms with van der Waals surface area (Å²) in [5.41, 5.74) is 0.896. The Kier molecular flexibility index (Phi) is 2.70. The number of thiophene rings is 1. The Labute approximate surface area is 112 Å². The number of aromatic nitrogens is 2. The minimum Gasteiger partial charge on any atom is -0.294 e. The quantitative estimate of drug-likeness (QED) is 0.489. The van der Waals surface area contributed by atoms with Crippen molar-refractivity contribution in [3.63, 3.8) is 0 Å². The number of hydrogen-bond acceptors (Lipinski definition) is 5. The lowest BCUT2D eigenvalue weighted by Crippen LogP contribution is -1.97.